The SMILES string of the molecule is CC(C)OCCCN1C(=O)C(=O)/C(=C(\O)c2ccc3c(c2)CC(C)O3)C1c1ccncc1. The molecule has 1 amide bonds. The predicted octanol–water partition coefficient (Wildman–Crippen LogP) is 3.64. The van der Waals surface area contributed by atoms with Gasteiger partial charge in [0.15, 0.2) is 0 Å². The van der Waals surface area contributed by atoms with E-state index in [1.165, 1.54) is 4.90 Å². The molecule has 1 saturated heterocycles. The van der Waals surface area contributed by atoms with E-state index in [2.05, 4.69) is 4.98 Å². The van der Waals surface area contributed by atoms with Crippen molar-refractivity contribution in [3.05, 3.63) is 65.0 Å². The summed E-state index contributed by atoms with van der Waals surface area (Å²) >= 11 is 0. The molecule has 1 fully saturated rings. The van der Waals surface area contributed by atoms with Crippen LogP contribution in [-0.2, 0) is 20.7 Å². The number of aliphatic hydroxyl groups excluding tert-OH is 1. The summed E-state index contributed by atoms with van der Waals surface area (Å²) < 4.78 is 11.3. The first-order chi connectivity index (χ1) is 15.4. The number of carbonyl (C=O) groups excluding carboxylic acids is 2. The number of fused-ring (bicyclic) bond motifs is 1. The molecule has 4 rings (SSSR count). The van der Waals surface area contributed by atoms with Crippen molar-refractivity contribution in [1.82, 2.24) is 9.88 Å². The molecule has 0 bridgehead atoms. The van der Waals surface area contributed by atoms with Gasteiger partial charge in [0.2, 0.25) is 0 Å². The molecule has 0 aliphatic carbocycles. The second-order valence-electron chi connectivity index (χ2n) is 8.50. The van der Waals surface area contributed by atoms with Gasteiger partial charge in [0.1, 0.15) is 17.6 Å². The Morgan fingerprint density at radius 3 is 2.72 bits per heavy atom. The number of Topliss-reactive ketones (excluding diaryl/α,β-unsaturated/α-hetero) is 1. The molecule has 1 N–H and O–H groups in total. The van der Waals surface area contributed by atoms with Gasteiger partial charge in [0.05, 0.1) is 17.7 Å². The summed E-state index contributed by atoms with van der Waals surface area (Å²) in [7, 11) is 0. The number of ether oxygens (including phenoxy) is 2. The van der Waals surface area contributed by atoms with Gasteiger partial charge in [-0.2, -0.15) is 0 Å². The lowest BCUT2D eigenvalue weighted by atomic mass is 9.95. The number of aliphatic hydroxyl groups is 1. The first kappa shape index (κ1) is 22.0. The van der Waals surface area contributed by atoms with Gasteiger partial charge in [-0.05, 0) is 68.7 Å². The fourth-order valence-electron chi connectivity index (χ4n) is 4.28. The van der Waals surface area contributed by atoms with Crippen molar-refractivity contribution in [2.24, 2.45) is 0 Å². The summed E-state index contributed by atoms with van der Waals surface area (Å²) in [5.74, 6) is -0.686. The van der Waals surface area contributed by atoms with Crippen LogP contribution in [0.4, 0.5) is 0 Å². The van der Waals surface area contributed by atoms with Crippen molar-refractivity contribution >= 4 is 17.4 Å². The van der Waals surface area contributed by atoms with Gasteiger partial charge in [0, 0.05) is 37.5 Å². The lowest BCUT2D eigenvalue weighted by molar-refractivity contribution is -0.140. The first-order valence-corrected chi connectivity index (χ1v) is 11.0. The number of carbonyl (C=O) groups is 2. The zero-order valence-corrected chi connectivity index (χ0v) is 18.6. The topological polar surface area (TPSA) is 89.0 Å². The minimum atomic E-state index is -0.681. The van der Waals surface area contributed by atoms with E-state index in [1.54, 1.807) is 36.7 Å². The Kier molecular flexibility index (Phi) is 6.28. The highest BCUT2D eigenvalue weighted by molar-refractivity contribution is 6.46. The zero-order valence-electron chi connectivity index (χ0n) is 18.6. The number of amides is 1. The number of hydrogen-bond acceptors (Lipinski definition) is 6. The maximum Gasteiger partial charge on any atom is 0.295 e. The highest BCUT2D eigenvalue weighted by atomic mass is 16.5. The molecule has 168 valence electrons. The molecule has 2 aliphatic rings. The molecule has 7 heteroatoms. The normalized spacial score (nSPS) is 21.8. The van der Waals surface area contributed by atoms with Crippen LogP contribution in [0.2, 0.25) is 0 Å². The van der Waals surface area contributed by atoms with Crippen molar-refractivity contribution in [3.63, 3.8) is 0 Å². The van der Waals surface area contributed by atoms with Gasteiger partial charge < -0.3 is 19.5 Å². The van der Waals surface area contributed by atoms with Crippen LogP contribution in [0.5, 0.6) is 5.75 Å². The van der Waals surface area contributed by atoms with Crippen LogP contribution in [0, 0.1) is 0 Å². The van der Waals surface area contributed by atoms with E-state index in [0.717, 1.165) is 23.3 Å². The van der Waals surface area contributed by atoms with Crippen LogP contribution in [0.15, 0.2) is 48.3 Å². The minimum absolute atomic E-state index is 0.0675. The van der Waals surface area contributed by atoms with Crippen LogP contribution in [0.1, 0.15) is 49.9 Å². The molecular formula is C25H28N2O5. The number of ketones is 1. The van der Waals surface area contributed by atoms with E-state index < -0.39 is 17.7 Å². The summed E-state index contributed by atoms with van der Waals surface area (Å²) in [5, 5.41) is 11.2. The molecule has 2 atom stereocenters. The molecule has 1 aromatic carbocycles. The summed E-state index contributed by atoms with van der Waals surface area (Å²) in [4.78, 5) is 31.6. The van der Waals surface area contributed by atoms with Gasteiger partial charge in [-0.3, -0.25) is 14.6 Å². The molecule has 0 radical (unpaired) electrons. The third-order valence-corrected chi connectivity index (χ3v) is 5.73. The van der Waals surface area contributed by atoms with Crippen LogP contribution in [0.25, 0.3) is 5.76 Å². The third-order valence-electron chi connectivity index (χ3n) is 5.73. The lowest BCUT2D eigenvalue weighted by Crippen LogP contribution is -2.31. The summed E-state index contributed by atoms with van der Waals surface area (Å²) in [5.41, 5.74) is 2.30. The van der Waals surface area contributed by atoms with Crippen LogP contribution in [-0.4, -0.2) is 52.0 Å². The second kappa shape index (κ2) is 9.12. The fourth-order valence-corrected chi connectivity index (χ4v) is 4.28. The highest BCUT2D eigenvalue weighted by Gasteiger charge is 2.45. The molecule has 3 heterocycles. The number of hydrogen-bond donors (Lipinski definition) is 1. The maximum absolute atomic E-state index is 13.1. The van der Waals surface area contributed by atoms with Crippen molar-refractivity contribution < 1.29 is 24.2 Å². The number of pyridine rings is 1. The van der Waals surface area contributed by atoms with Gasteiger partial charge in [-0.1, -0.05) is 0 Å². The summed E-state index contributed by atoms with van der Waals surface area (Å²) in [6.07, 6.45) is 4.71. The average molecular weight is 437 g/mol. The van der Waals surface area contributed by atoms with Gasteiger partial charge in [-0.15, -0.1) is 0 Å². The number of likely N-dealkylation sites (tertiary alicyclic amines) is 1. The Balaban J connectivity index is 1.71. The summed E-state index contributed by atoms with van der Waals surface area (Å²) in [6, 6.07) is 8.20. The van der Waals surface area contributed by atoms with Gasteiger partial charge >= 0.3 is 0 Å². The predicted molar refractivity (Wildman–Crippen MR) is 119 cm³/mol. The Labute approximate surface area is 187 Å². The summed E-state index contributed by atoms with van der Waals surface area (Å²) in [6.45, 7) is 6.71. The molecule has 0 spiro atoms. The Hall–Kier alpha value is -3.19. The third kappa shape index (κ3) is 4.25. The van der Waals surface area contributed by atoms with E-state index in [9.17, 15) is 14.7 Å². The Morgan fingerprint density at radius 1 is 1.25 bits per heavy atom. The monoisotopic (exact) mass is 436 g/mol. The zero-order chi connectivity index (χ0) is 22.8. The quantitative estimate of drug-likeness (QED) is 0.309. The van der Waals surface area contributed by atoms with E-state index >= 15 is 0 Å². The first-order valence-electron chi connectivity index (χ1n) is 11.0. The van der Waals surface area contributed by atoms with E-state index in [0.29, 0.717) is 25.1 Å². The maximum atomic E-state index is 13.1. The van der Waals surface area contributed by atoms with Crippen LogP contribution in [0.3, 0.4) is 0 Å². The number of nitrogens with zero attached hydrogens (tertiary/aromatic N) is 2. The Morgan fingerprint density at radius 2 is 2.00 bits per heavy atom. The number of aromatic nitrogens is 1. The molecule has 2 aromatic rings. The lowest BCUT2D eigenvalue weighted by Gasteiger charge is -2.25. The standard InChI is InChI=1S/C25H28N2O5/c1-15(2)31-12-4-11-27-22(17-7-9-26-10-8-17)21(24(29)25(27)30)23(28)18-5-6-20-19(14-18)13-16(3)32-20/h5-10,14-16,22,28H,4,11-13H2,1-3H3/b23-21-. The highest BCUT2D eigenvalue weighted by Crippen LogP contribution is 2.40. The van der Waals surface area contributed by atoms with Gasteiger partial charge in [0.25, 0.3) is 11.7 Å². The van der Waals surface area contributed by atoms with Crippen LogP contribution < -0.4 is 4.74 Å². The van der Waals surface area contributed by atoms with E-state index in [-0.39, 0.29) is 23.5 Å². The molecule has 7 nitrogen and oxygen atoms in total. The smallest absolute Gasteiger partial charge is 0.295 e. The molecule has 2 aliphatic heterocycles. The van der Waals surface area contributed by atoms with E-state index in [4.69, 9.17) is 9.47 Å². The van der Waals surface area contributed by atoms with Gasteiger partial charge in [-0.25, -0.2) is 0 Å². The van der Waals surface area contributed by atoms with Crippen molar-refractivity contribution in [2.45, 2.75) is 51.9 Å². The second-order valence-corrected chi connectivity index (χ2v) is 8.50. The fraction of sp³-hybridized carbons (Fsp3) is 0.400. The number of benzene rings is 1. The minimum Gasteiger partial charge on any atom is -0.507 e. The van der Waals surface area contributed by atoms with Crippen LogP contribution >= 0.6 is 0 Å². The Bertz CT molecular complexity index is 1050. The number of rotatable bonds is 7. The average Bonchev–Trinajstić information content (AvgIpc) is 3.27. The molecule has 1 aromatic heterocycles. The molecule has 32 heavy (non-hydrogen) atoms. The molecule has 0 saturated carbocycles. The largest absolute Gasteiger partial charge is 0.507 e. The molecular weight excluding hydrogens is 408 g/mol. The molecule has 2 unspecified atom stereocenters. The van der Waals surface area contributed by atoms with Crippen molar-refractivity contribution in [3.8, 4) is 5.75 Å². The van der Waals surface area contributed by atoms with Crippen molar-refractivity contribution in [2.75, 3.05) is 13.2 Å². The van der Waals surface area contributed by atoms with Crippen molar-refractivity contribution in [1.29, 1.82) is 0 Å². The van der Waals surface area contributed by atoms with E-state index in [1.807, 2.05) is 26.8 Å².